The lowest BCUT2D eigenvalue weighted by molar-refractivity contribution is -0.385. The van der Waals surface area contributed by atoms with Crippen molar-refractivity contribution in [2.24, 2.45) is 0 Å². The molecule has 0 aliphatic heterocycles. The van der Waals surface area contributed by atoms with Crippen LogP contribution >= 0.6 is 11.6 Å². The van der Waals surface area contributed by atoms with E-state index in [2.05, 4.69) is 20.8 Å². The molecule has 0 fully saturated rings. The molecule has 0 spiro atoms. The number of hydrogen-bond acceptors (Lipinski definition) is 3. The summed E-state index contributed by atoms with van der Waals surface area (Å²) in [6, 6.07) is 11.9. The number of rotatable bonds is 3. The van der Waals surface area contributed by atoms with Crippen molar-refractivity contribution in [2.45, 2.75) is 26.2 Å². The second-order valence-corrected chi connectivity index (χ2v) is 6.13. The van der Waals surface area contributed by atoms with E-state index in [9.17, 15) is 10.1 Å². The van der Waals surface area contributed by atoms with Crippen LogP contribution in [0.1, 0.15) is 26.3 Å². The summed E-state index contributed by atoms with van der Waals surface area (Å²) >= 11 is 6.00. The van der Waals surface area contributed by atoms with E-state index in [1.165, 1.54) is 12.1 Å². The fraction of sp³-hybridized carbons (Fsp3) is 0.250. The van der Waals surface area contributed by atoms with Gasteiger partial charge in [-0.05, 0) is 29.2 Å². The standard InChI is InChI=1S/C16H16ClNO3/c1-16(2,3)11-7-9-12(10-8-11)21-15-13(17)5-4-6-14(15)18(19)20/h4-10H,1-3H3. The molecule has 0 heterocycles. The zero-order chi connectivity index (χ0) is 15.6. The largest absolute Gasteiger partial charge is 0.449 e. The number of ether oxygens (including phenoxy) is 1. The third kappa shape index (κ3) is 3.52. The van der Waals surface area contributed by atoms with Gasteiger partial charge in [0.05, 0.1) is 9.95 Å². The van der Waals surface area contributed by atoms with Crippen LogP contribution in [0.5, 0.6) is 11.5 Å². The zero-order valence-electron chi connectivity index (χ0n) is 12.1. The summed E-state index contributed by atoms with van der Waals surface area (Å²) < 4.78 is 5.60. The van der Waals surface area contributed by atoms with E-state index in [1.807, 2.05) is 12.1 Å². The topological polar surface area (TPSA) is 52.4 Å². The van der Waals surface area contributed by atoms with Crippen LogP contribution in [0.15, 0.2) is 42.5 Å². The van der Waals surface area contributed by atoms with Crippen molar-refractivity contribution in [3.63, 3.8) is 0 Å². The molecule has 21 heavy (non-hydrogen) atoms. The minimum atomic E-state index is -0.509. The Morgan fingerprint density at radius 3 is 2.24 bits per heavy atom. The fourth-order valence-electron chi connectivity index (χ4n) is 1.88. The third-order valence-electron chi connectivity index (χ3n) is 3.08. The summed E-state index contributed by atoms with van der Waals surface area (Å²) in [6.45, 7) is 6.34. The first-order valence-electron chi connectivity index (χ1n) is 6.50. The summed E-state index contributed by atoms with van der Waals surface area (Å²) in [5.41, 5.74) is 1.04. The molecule has 0 radical (unpaired) electrons. The quantitative estimate of drug-likeness (QED) is 0.568. The highest BCUT2D eigenvalue weighted by Gasteiger charge is 2.19. The fourth-order valence-corrected chi connectivity index (χ4v) is 2.09. The maximum atomic E-state index is 11.0. The average molecular weight is 306 g/mol. The first kappa shape index (κ1) is 15.3. The van der Waals surface area contributed by atoms with Gasteiger partial charge in [-0.25, -0.2) is 0 Å². The van der Waals surface area contributed by atoms with Crippen LogP contribution in [-0.2, 0) is 5.41 Å². The highest BCUT2D eigenvalue weighted by Crippen LogP contribution is 2.38. The molecule has 0 amide bonds. The number of halogens is 1. The zero-order valence-corrected chi connectivity index (χ0v) is 12.8. The smallest absolute Gasteiger partial charge is 0.313 e. The summed E-state index contributed by atoms with van der Waals surface area (Å²) in [7, 11) is 0. The Hall–Kier alpha value is -2.07. The second kappa shape index (κ2) is 5.74. The maximum absolute atomic E-state index is 11.0. The Balaban J connectivity index is 2.33. The third-order valence-corrected chi connectivity index (χ3v) is 3.38. The number of nitro benzene ring substituents is 1. The van der Waals surface area contributed by atoms with Crippen LogP contribution in [0.25, 0.3) is 0 Å². The van der Waals surface area contributed by atoms with Crippen LogP contribution in [-0.4, -0.2) is 4.92 Å². The number of nitro groups is 1. The van der Waals surface area contributed by atoms with Gasteiger partial charge in [-0.1, -0.05) is 50.6 Å². The molecule has 0 aliphatic carbocycles. The van der Waals surface area contributed by atoms with Crippen LogP contribution in [0.4, 0.5) is 5.69 Å². The van der Waals surface area contributed by atoms with Gasteiger partial charge in [-0.15, -0.1) is 0 Å². The number of para-hydroxylation sites is 1. The van der Waals surface area contributed by atoms with E-state index in [0.29, 0.717) is 5.75 Å². The SMILES string of the molecule is CC(C)(C)c1ccc(Oc2c(Cl)cccc2[N+](=O)[O-])cc1. The molecule has 0 aromatic heterocycles. The minimum absolute atomic E-state index is 0.0366. The Kier molecular flexibility index (Phi) is 4.19. The minimum Gasteiger partial charge on any atom is -0.449 e. The van der Waals surface area contributed by atoms with Crippen molar-refractivity contribution in [3.8, 4) is 11.5 Å². The van der Waals surface area contributed by atoms with Gasteiger partial charge in [-0.3, -0.25) is 10.1 Å². The van der Waals surface area contributed by atoms with Crippen molar-refractivity contribution < 1.29 is 9.66 Å². The summed E-state index contributed by atoms with van der Waals surface area (Å²) in [5, 5.41) is 11.2. The van der Waals surface area contributed by atoms with Gasteiger partial charge >= 0.3 is 5.69 Å². The van der Waals surface area contributed by atoms with E-state index in [0.717, 1.165) is 5.56 Å². The van der Waals surface area contributed by atoms with Crippen molar-refractivity contribution in [3.05, 3.63) is 63.2 Å². The first-order chi connectivity index (χ1) is 9.79. The number of nitrogens with zero attached hydrogens (tertiary/aromatic N) is 1. The molecule has 0 N–H and O–H groups in total. The molecule has 2 aromatic carbocycles. The lowest BCUT2D eigenvalue weighted by Gasteiger charge is -2.19. The molecule has 0 atom stereocenters. The highest BCUT2D eigenvalue weighted by atomic mass is 35.5. The van der Waals surface area contributed by atoms with Crippen molar-refractivity contribution in [2.75, 3.05) is 0 Å². The normalized spacial score (nSPS) is 11.2. The predicted octanol–water partition coefficient (Wildman–Crippen LogP) is 5.34. The summed E-state index contributed by atoms with van der Waals surface area (Å²) in [5.74, 6) is 0.576. The van der Waals surface area contributed by atoms with Crippen molar-refractivity contribution in [1.29, 1.82) is 0 Å². The number of hydrogen-bond donors (Lipinski definition) is 0. The monoisotopic (exact) mass is 305 g/mol. The molecule has 2 rings (SSSR count). The van der Waals surface area contributed by atoms with Gasteiger partial charge in [0.15, 0.2) is 0 Å². The van der Waals surface area contributed by atoms with E-state index in [4.69, 9.17) is 16.3 Å². The molecule has 110 valence electrons. The Morgan fingerprint density at radius 1 is 1.10 bits per heavy atom. The van der Waals surface area contributed by atoms with Crippen molar-refractivity contribution in [1.82, 2.24) is 0 Å². The lowest BCUT2D eigenvalue weighted by Crippen LogP contribution is -2.10. The molecular formula is C16H16ClNO3. The maximum Gasteiger partial charge on any atom is 0.313 e. The summed E-state index contributed by atoms with van der Waals surface area (Å²) in [6.07, 6.45) is 0. The van der Waals surface area contributed by atoms with Gasteiger partial charge in [0.25, 0.3) is 0 Å². The molecule has 0 bridgehead atoms. The van der Waals surface area contributed by atoms with Crippen LogP contribution in [0.2, 0.25) is 5.02 Å². The molecule has 0 saturated heterocycles. The molecular weight excluding hydrogens is 290 g/mol. The first-order valence-corrected chi connectivity index (χ1v) is 6.88. The highest BCUT2D eigenvalue weighted by molar-refractivity contribution is 6.32. The Morgan fingerprint density at radius 2 is 1.71 bits per heavy atom. The van der Waals surface area contributed by atoms with Crippen molar-refractivity contribution >= 4 is 17.3 Å². The van der Waals surface area contributed by atoms with Gasteiger partial charge in [0, 0.05) is 6.07 Å². The molecule has 2 aromatic rings. The van der Waals surface area contributed by atoms with Gasteiger partial charge in [-0.2, -0.15) is 0 Å². The average Bonchev–Trinajstić information content (AvgIpc) is 2.40. The molecule has 5 heteroatoms. The second-order valence-electron chi connectivity index (χ2n) is 5.72. The Bertz CT molecular complexity index is 660. The lowest BCUT2D eigenvalue weighted by atomic mass is 9.87. The van der Waals surface area contributed by atoms with Gasteiger partial charge in [0.2, 0.25) is 5.75 Å². The molecule has 4 nitrogen and oxygen atoms in total. The van der Waals surface area contributed by atoms with E-state index in [-0.39, 0.29) is 21.9 Å². The predicted molar refractivity (Wildman–Crippen MR) is 83.3 cm³/mol. The van der Waals surface area contributed by atoms with E-state index in [1.54, 1.807) is 18.2 Å². The van der Waals surface area contributed by atoms with E-state index < -0.39 is 4.92 Å². The van der Waals surface area contributed by atoms with E-state index >= 15 is 0 Å². The van der Waals surface area contributed by atoms with Crippen LogP contribution < -0.4 is 4.74 Å². The molecule has 0 aliphatic rings. The molecule has 0 saturated carbocycles. The van der Waals surface area contributed by atoms with Gasteiger partial charge in [0.1, 0.15) is 5.75 Å². The molecule has 0 unspecified atom stereocenters. The van der Waals surface area contributed by atoms with Gasteiger partial charge < -0.3 is 4.74 Å². The van der Waals surface area contributed by atoms with Crippen LogP contribution in [0.3, 0.4) is 0 Å². The Labute approximate surface area is 128 Å². The summed E-state index contributed by atoms with van der Waals surface area (Å²) in [4.78, 5) is 10.5. The van der Waals surface area contributed by atoms with Crippen LogP contribution in [0, 0.1) is 10.1 Å². The number of benzene rings is 2.